The number of carbonyl (C=O) groups is 1. The maximum Gasteiger partial charge on any atom is 0.417 e. The van der Waals surface area contributed by atoms with Crippen molar-refractivity contribution in [2.45, 2.75) is 77.2 Å². The molecule has 160 valence electrons. The monoisotopic (exact) mass is 430 g/mol. The number of aromatic nitrogens is 2. The highest BCUT2D eigenvalue weighted by Crippen LogP contribution is 2.33. The van der Waals surface area contributed by atoms with Gasteiger partial charge >= 0.3 is 6.18 Å². The third-order valence-corrected chi connectivity index (χ3v) is 5.43. The van der Waals surface area contributed by atoms with Gasteiger partial charge in [-0.05, 0) is 53.0 Å². The lowest BCUT2D eigenvalue weighted by Crippen LogP contribution is -2.62. The number of piperidine rings is 1. The molecule has 9 heteroatoms. The topological polar surface area (TPSA) is 58.4 Å². The molecule has 1 aliphatic heterocycles. The Bertz CT molecular complexity index is 933. The molecule has 5 nitrogen and oxygen atoms in total. The molecule has 0 aliphatic carbocycles. The van der Waals surface area contributed by atoms with Crippen LogP contribution in [0.1, 0.15) is 69.2 Å². The zero-order valence-electron chi connectivity index (χ0n) is 17.2. The molecule has 0 atom stereocenters. The van der Waals surface area contributed by atoms with Gasteiger partial charge in [0.2, 0.25) is 0 Å². The van der Waals surface area contributed by atoms with Gasteiger partial charge in [0.25, 0.3) is 5.91 Å². The molecule has 0 spiro atoms. The lowest BCUT2D eigenvalue weighted by atomic mass is 9.79. The van der Waals surface area contributed by atoms with Crippen molar-refractivity contribution in [1.29, 1.82) is 0 Å². The van der Waals surface area contributed by atoms with E-state index >= 15 is 0 Å². The van der Waals surface area contributed by atoms with E-state index in [0.717, 1.165) is 16.7 Å². The van der Waals surface area contributed by atoms with E-state index < -0.39 is 17.6 Å². The third kappa shape index (κ3) is 4.53. The van der Waals surface area contributed by atoms with Crippen molar-refractivity contribution < 1.29 is 18.0 Å². The first-order chi connectivity index (χ1) is 13.2. The number of hydrogen-bond acceptors (Lipinski definition) is 3. The summed E-state index contributed by atoms with van der Waals surface area (Å²) in [5.41, 5.74) is -0.624. The van der Waals surface area contributed by atoms with Gasteiger partial charge in [-0.25, -0.2) is 4.98 Å². The first-order valence-corrected chi connectivity index (χ1v) is 9.98. The minimum atomic E-state index is -4.58. The van der Waals surface area contributed by atoms with Gasteiger partial charge in [0.05, 0.1) is 16.3 Å². The predicted molar refractivity (Wildman–Crippen MR) is 106 cm³/mol. The van der Waals surface area contributed by atoms with E-state index in [1.807, 2.05) is 0 Å². The second-order valence-corrected chi connectivity index (χ2v) is 9.41. The molecule has 0 unspecified atom stereocenters. The van der Waals surface area contributed by atoms with Gasteiger partial charge in [0.1, 0.15) is 5.69 Å². The van der Waals surface area contributed by atoms with E-state index in [1.54, 1.807) is 6.92 Å². The van der Waals surface area contributed by atoms with E-state index in [0.29, 0.717) is 25.0 Å². The summed E-state index contributed by atoms with van der Waals surface area (Å²) in [6.07, 6.45) is -1.89. The number of pyridine rings is 1. The number of nitrogens with one attached hydrogen (secondary N) is 2. The fraction of sp³-hybridized carbons (Fsp3) is 0.600. The SMILES string of the molecule is CCc1nc2c(Cl)cc(C(F)(F)F)cn2c1C(=O)NC1CC(C)(C)NC(C)(C)C1. The molecule has 3 rings (SSSR count). The van der Waals surface area contributed by atoms with Gasteiger partial charge in [0.15, 0.2) is 5.65 Å². The molecule has 2 aromatic rings. The minimum absolute atomic E-state index is 0.102. The third-order valence-electron chi connectivity index (χ3n) is 5.15. The van der Waals surface area contributed by atoms with Gasteiger partial charge in [-0.1, -0.05) is 18.5 Å². The fourth-order valence-electron chi connectivity index (χ4n) is 4.47. The first-order valence-electron chi connectivity index (χ1n) is 9.60. The summed E-state index contributed by atoms with van der Waals surface area (Å²) >= 11 is 6.06. The molecule has 0 bridgehead atoms. The van der Waals surface area contributed by atoms with Gasteiger partial charge in [-0.3, -0.25) is 9.20 Å². The molecule has 0 radical (unpaired) electrons. The zero-order chi connectivity index (χ0) is 21.8. The van der Waals surface area contributed by atoms with Crippen molar-refractivity contribution in [1.82, 2.24) is 20.0 Å². The molecule has 1 fully saturated rings. The Hall–Kier alpha value is -1.80. The maximum absolute atomic E-state index is 13.3. The van der Waals surface area contributed by atoms with Crippen LogP contribution in [0.2, 0.25) is 5.02 Å². The molecule has 0 aromatic carbocycles. The summed E-state index contributed by atoms with van der Waals surface area (Å²) in [7, 11) is 0. The number of nitrogens with zero attached hydrogens (tertiary/aromatic N) is 2. The Kier molecular flexibility index (Phi) is 5.41. The summed E-state index contributed by atoms with van der Waals surface area (Å²) in [6.45, 7) is 10.1. The maximum atomic E-state index is 13.3. The van der Waals surface area contributed by atoms with Crippen molar-refractivity contribution in [3.8, 4) is 0 Å². The van der Waals surface area contributed by atoms with Crippen molar-refractivity contribution in [3.05, 3.63) is 34.2 Å². The Morgan fingerprint density at radius 3 is 2.41 bits per heavy atom. The van der Waals surface area contributed by atoms with E-state index in [-0.39, 0.29) is 33.5 Å². The molecular formula is C20H26ClF3N4O. The van der Waals surface area contributed by atoms with Crippen LogP contribution < -0.4 is 10.6 Å². The highest BCUT2D eigenvalue weighted by molar-refractivity contribution is 6.33. The van der Waals surface area contributed by atoms with Crippen LogP contribution in [-0.2, 0) is 12.6 Å². The summed E-state index contributed by atoms with van der Waals surface area (Å²) < 4.78 is 40.9. The van der Waals surface area contributed by atoms with Crippen LogP contribution >= 0.6 is 11.6 Å². The van der Waals surface area contributed by atoms with Crippen molar-refractivity contribution in [3.63, 3.8) is 0 Å². The van der Waals surface area contributed by atoms with Crippen LogP contribution in [0.3, 0.4) is 0 Å². The average Bonchev–Trinajstić information content (AvgIpc) is 2.90. The zero-order valence-corrected chi connectivity index (χ0v) is 17.9. The van der Waals surface area contributed by atoms with Gasteiger partial charge in [-0.2, -0.15) is 13.2 Å². The molecule has 0 saturated carbocycles. The van der Waals surface area contributed by atoms with E-state index in [4.69, 9.17) is 11.6 Å². The second-order valence-electron chi connectivity index (χ2n) is 9.00. The molecule has 1 aliphatic rings. The number of imidazole rings is 1. The Morgan fingerprint density at radius 1 is 1.31 bits per heavy atom. The first kappa shape index (κ1) is 21.9. The van der Waals surface area contributed by atoms with Crippen LogP contribution in [-0.4, -0.2) is 32.4 Å². The van der Waals surface area contributed by atoms with Crippen molar-refractivity contribution in [2.24, 2.45) is 0 Å². The molecule has 2 N–H and O–H groups in total. The number of fused-ring (bicyclic) bond motifs is 1. The number of aryl methyl sites for hydroxylation is 1. The molecule has 29 heavy (non-hydrogen) atoms. The fourth-order valence-corrected chi connectivity index (χ4v) is 4.72. The minimum Gasteiger partial charge on any atom is -0.348 e. The standard InChI is InChI=1S/C20H26ClF3N4O/c1-6-14-15(17(29)25-12-8-18(2,3)27-19(4,5)9-12)28-10-11(20(22,23)24)7-13(21)16(28)26-14/h7,10,12,27H,6,8-9H2,1-5H3,(H,25,29). The lowest BCUT2D eigenvalue weighted by molar-refractivity contribution is -0.137. The van der Waals surface area contributed by atoms with Gasteiger partial charge < -0.3 is 10.6 Å². The van der Waals surface area contributed by atoms with Gasteiger partial charge in [-0.15, -0.1) is 0 Å². The van der Waals surface area contributed by atoms with E-state index in [1.165, 1.54) is 0 Å². The normalized spacial score (nSPS) is 19.5. The molecule has 3 heterocycles. The summed E-state index contributed by atoms with van der Waals surface area (Å²) in [5, 5.41) is 6.41. The summed E-state index contributed by atoms with van der Waals surface area (Å²) in [6, 6.07) is 0.716. The van der Waals surface area contributed by atoms with Crippen LogP contribution in [0, 0.1) is 0 Å². The lowest BCUT2D eigenvalue weighted by Gasteiger charge is -2.46. The molecule has 1 amide bonds. The highest BCUT2D eigenvalue weighted by Gasteiger charge is 2.39. The number of alkyl halides is 3. The predicted octanol–water partition coefficient (Wildman–Crippen LogP) is 4.61. The van der Waals surface area contributed by atoms with Crippen molar-refractivity contribution in [2.75, 3.05) is 0 Å². The molecular weight excluding hydrogens is 405 g/mol. The summed E-state index contributed by atoms with van der Waals surface area (Å²) in [5.74, 6) is -0.441. The number of rotatable bonds is 3. The van der Waals surface area contributed by atoms with Crippen LogP contribution in [0.25, 0.3) is 5.65 Å². The van der Waals surface area contributed by atoms with Crippen molar-refractivity contribution >= 4 is 23.2 Å². The van der Waals surface area contributed by atoms with Crippen LogP contribution in [0.15, 0.2) is 12.3 Å². The average molecular weight is 431 g/mol. The van der Waals surface area contributed by atoms with Crippen LogP contribution in [0.4, 0.5) is 13.2 Å². The van der Waals surface area contributed by atoms with Gasteiger partial charge in [0, 0.05) is 23.3 Å². The largest absolute Gasteiger partial charge is 0.417 e. The van der Waals surface area contributed by atoms with E-state index in [2.05, 4.69) is 43.3 Å². The van der Waals surface area contributed by atoms with Crippen LogP contribution in [0.5, 0.6) is 0 Å². The molecule has 1 saturated heterocycles. The number of carbonyl (C=O) groups excluding carboxylic acids is 1. The number of amides is 1. The highest BCUT2D eigenvalue weighted by atomic mass is 35.5. The number of halogens is 4. The quantitative estimate of drug-likeness (QED) is 0.747. The Balaban J connectivity index is 2.02. The smallest absolute Gasteiger partial charge is 0.348 e. The summed E-state index contributed by atoms with van der Waals surface area (Å²) in [4.78, 5) is 17.5. The Labute approximate surface area is 173 Å². The van der Waals surface area contributed by atoms with E-state index in [9.17, 15) is 18.0 Å². The number of hydrogen-bond donors (Lipinski definition) is 2. The second kappa shape index (κ2) is 7.16. The Morgan fingerprint density at radius 2 is 1.90 bits per heavy atom. The molecule has 2 aromatic heterocycles.